The quantitative estimate of drug-likeness (QED) is 0.306. The van der Waals surface area contributed by atoms with Crippen LogP contribution in [-0.2, 0) is 11.3 Å². The fourth-order valence-electron chi connectivity index (χ4n) is 6.57. The number of amides is 1. The standard InChI is InChI=1S/C30H37ClN8O4/c1-5-42-30(41)37-14-18(3)39(19(4)15-37)28-34-23-11-24(27-35-29(40)43-36-27)33-25(21-10-22(31)13-32-12-21)26(23)38(28)16-20-8-6-17(2)7-9-20/h10-13,17-20H,5-9,14-16H2,1-4H3,(H,35,36,40)/t17?,18-,19-,20?/m1/s1. The first-order chi connectivity index (χ1) is 20.7. The van der Waals surface area contributed by atoms with Gasteiger partial charge in [0.1, 0.15) is 5.69 Å². The lowest BCUT2D eigenvalue weighted by molar-refractivity contribution is 0.0940. The maximum atomic E-state index is 12.6. The maximum Gasteiger partial charge on any atom is 0.439 e. The molecule has 1 aliphatic carbocycles. The van der Waals surface area contributed by atoms with Crippen LogP contribution in [0.1, 0.15) is 53.4 Å². The first kappa shape index (κ1) is 29.2. The summed E-state index contributed by atoms with van der Waals surface area (Å²) in [6.45, 7) is 10.5. The van der Waals surface area contributed by atoms with Gasteiger partial charge in [0.2, 0.25) is 11.8 Å². The Balaban J connectivity index is 1.53. The highest BCUT2D eigenvalue weighted by Gasteiger charge is 2.36. The van der Waals surface area contributed by atoms with E-state index < -0.39 is 5.76 Å². The van der Waals surface area contributed by atoms with Gasteiger partial charge in [0.15, 0.2) is 0 Å². The number of ether oxygens (including phenoxy) is 1. The molecule has 2 aliphatic rings. The summed E-state index contributed by atoms with van der Waals surface area (Å²) < 4.78 is 12.4. The fraction of sp³-hybridized carbons (Fsp3) is 0.533. The third-order valence-electron chi connectivity index (χ3n) is 8.62. The number of fused-ring (bicyclic) bond motifs is 1. The number of nitrogens with one attached hydrogen (secondary N) is 1. The summed E-state index contributed by atoms with van der Waals surface area (Å²) in [5.74, 6) is 1.58. The second-order valence-electron chi connectivity index (χ2n) is 11.9. The van der Waals surface area contributed by atoms with Crippen molar-refractivity contribution in [2.24, 2.45) is 11.8 Å². The van der Waals surface area contributed by atoms with Gasteiger partial charge in [0.05, 0.1) is 28.4 Å². The van der Waals surface area contributed by atoms with E-state index in [9.17, 15) is 9.59 Å². The predicted molar refractivity (Wildman–Crippen MR) is 163 cm³/mol. The number of imidazole rings is 1. The Labute approximate surface area is 254 Å². The summed E-state index contributed by atoms with van der Waals surface area (Å²) >= 11 is 6.40. The summed E-state index contributed by atoms with van der Waals surface area (Å²) in [7, 11) is 0. The third kappa shape index (κ3) is 5.84. The molecular formula is C30H37ClN8O4. The molecule has 12 nitrogen and oxygen atoms in total. The van der Waals surface area contributed by atoms with Gasteiger partial charge in [-0.3, -0.25) is 14.5 Å². The second kappa shape index (κ2) is 12.0. The third-order valence-corrected chi connectivity index (χ3v) is 8.82. The highest BCUT2D eigenvalue weighted by Crippen LogP contribution is 2.38. The molecule has 0 unspecified atom stereocenters. The van der Waals surface area contributed by atoms with Crippen LogP contribution in [-0.4, -0.2) is 72.4 Å². The number of carbonyl (C=O) groups is 1. The molecule has 228 valence electrons. The molecule has 1 aliphatic heterocycles. The lowest BCUT2D eigenvalue weighted by Crippen LogP contribution is -2.59. The Bertz CT molecular complexity index is 1660. The Morgan fingerprint density at radius 2 is 1.84 bits per heavy atom. The lowest BCUT2D eigenvalue weighted by Gasteiger charge is -2.44. The van der Waals surface area contributed by atoms with Gasteiger partial charge in [0.25, 0.3) is 0 Å². The van der Waals surface area contributed by atoms with E-state index >= 15 is 0 Å². The van der Waals surface area contributed by atoms with Crippen molar-refractivity contribution in [2.75, 3.05) is 24.6 Å². The first-order valence-corrected chi connectivity index (χ1v) is 15.4. The van der Waals surface area contributed by atoms with Crippen LogP contribution in [0.3, 0.4) is 0 Å². The van der Waals surface area contributed by atoms with E-state index in [1.807, 2.05) is 19.1 Å². The van der Waals surface area contributed by atoms with Crippen molar-refractivity contribution in [3.8, 4) is 22.8 Å². The van der Waals surface area contributed by atoms with Gasteiger partial charge >= 0.3 is 11.8 Å². The zero-order chi connectivity index (χ0) is 30.2. The number of hydrogen-bond donors (Lipinski definition) is 1. The SMILES string of the molecule is CCOC(=O)N1C[C@@H](C)N(c2nc3cc(-c4noc(=O)[nH]4)nc(-c4cncc(Cl)c4)c3n2CC2CCC(C)CC2)[C@H](C)C1. The molecule has 1 saturated carbocycles. The molecule has 43 heavy (non-hydrogen) atoms. The summed E-state index contributed by atoms with van der Waals surface area (Å²) in [6.07, 6.45) is 7.70. The number of nitrogens with zero attached hydrogens (tertiary/aromatic N) is 7. The van der Waals surface area contributed by atoms with Crippen LogP contribution in [0.4, 0.5) is 10.7 Å². The number of H-pyrrole nitrogens is 1. The van der Waals surface area contributed by atoms with Crippen LogP contribution in [0, 0.1) is 11.8 Å². The molecule has 2 fully saturated rings. The zero-order valence-electron chi connectivity index (χ0n) is 24.9. The van der Waals surface area contributed by atoms with E-state index in [1.165, 1.54) is 12.8 Å². The molecule has 1 N–H and O–H groups in total. The molecule has 4 aromatic rings. The van der Waals surface area contributed by atoms with Crippen molar-refractivity contribution >= 4 is 34.7 Å². The highest BCUT2D eigenvalue weighted by molar-refractivity contribution is 6.30. The molecule has 0 spiro atoms. The molecule has 5 heterocycles. The summed E-state index contributed by atoms with van der Waals surface area (Å²) in [6, 6.07) is 3.61. The van der Waals surface area contributed by atoms with E-state index in [4.69, 9.17) is 30.8 Å². The van der Waals surface area contributed by atoms with Crippen LogP contribution < -0.4 is 10.7 Å². The van der Waals surface area contributed by atoms with Crippen molar-refractivity contribution in [3.05, 3.63) is 40.1 Å². The maximum absolute atomic E-state index is 12.6. The Kier molecular flexibility index (Phi) is 8.13. The van der Waals surface area contributed by atoms with E-state index in [1.54, 1.807) is 17.3 Å². The van der Waals surface area contributed by atoms with Crippen molar-refractivity contribution in [3.63, 3.8) is 0 Å². The Morgan fingerprint density at radius 3 is 2.49 bits per heavy atom. The Hall–Kier alpha value is -3.93. The number of carbonyl (C=O) groups excluding carboxylic acids is 1. The molecular weight excluding hydrogens is 572 g/mol. The van der Waals surface area contributed by atoms with Crippen molar-refractivity contribution in [1.82, 2.24) is 34.6 Å². The van der Waals surface area contributed by atoms with Gasteiger partial charge in [-0.15, -0.1) is 0 Å². The number of halogens is 1. The van der Waals surface area contributed by atoms with Crippen LogP contribution in [0.15, 0.2) is 33.8 Å². The van der Waals surface area contributed by atoms with E-state index in [-0.39, 0.29) is 24.0 Å². The number of rotatable bonds is 6. The molecule has 0 radical (unpaired) electrons. The molecule has 1 amide bonds. The normalized spacial score (nSPS) is 22.7. The van der Waals surface area contributed by atoms with Crippen molar-refractivity contribution in [2.45, 2.75) is 72.0 Å². The largest absolute Gasteiger partial charge is 0.450 e. The number of pyridine rings is 2. The molecule has 1 saturated heterocycles. The molecule has 0 aromatic carbocycles. The topological polar surface area (TPSA) is 135 Å². The number of aromatic amines is 1. The number of aromatic nitrogens is 6. The van der Waals surface area contributed by atoms with Crippen LogP contribution >= 0.6 is 11.6 Å². The van der Waals surface area contributed by atoms with Crippen LogP contribution in [0.25, 0.3) is 33.8 Å². The number of piperazine rings is 1. The monoisotopic (exact) mass is 608 g/mol. The van der Waals surface area contributed by atoms with Gasteiger partial charge in [-0.2, -0.15) is 0 Å². The van der Waals surface area contributed by atoms with Gasteiger partial charge < -0.3 is 19.1 Å². The van der Waals surface area contributed by atoms with Crippen molar-refractivity contribution < 1.29 is 14.1 Å². The molecule has 4 aromatic heterocycles. The van der Waals surface area contributed by atoms with E-state index in [0.29, 0.717) is 47.5 Å². The van der Waals surface area contributed by atoms with E-state index in [2.05, 4.69) is 45.4 Å². The average Bonchev–Trinajstić information content (AvgIpc) is 3.57. The smallest absolute Gasteiger partial charge is 0.439 e. The van der Waals surface area contributed by atoms with Gasteiger partial charge in [-0.1, -0.05) is 36.5 Å². The molecule has 0 bridgehead atoms. The van der Waals surface area contributed by atoms with Crippen LogP contribution in [0.5, 0.6) is 0 Å². The minimum Gasteiger partial charge on any atom is -0.450 e. The molecule has 6 rings (SSSR count). The predicted octanol–water partition coefficient (Wildman–Crippen LogP) is 5.37. The lowest BCUT2D eigenvalue weighted by atomic mass is 9.83. The van der Waals surface area contributed by atoms with Gasteiger partial charge in [0, 0.05) is 49.7 Å². The van der Waals surface area contributed by atoms with Crippen LogP contribution in [0.2, 0.25) is 5.02 Å². The van der Waals surface area contributed by atoms with Gasteiger partial charge in [-0.05, 0) is 57.6 Å². The number of hydrogen-bond acceptors (Lipinski definition) is 9. The minimum atomic E-state index is -0.664. The highest BCUT2D eigenvalue weighted by atomic mass is 35.5. The Morgan fingerprint density at radius 1 is 1.09 bits per heavy atom. The second-order valence-corrected chi connectivity index (χ2v) is 12.4. The summed E-state index contributed by atoms with van der Waals surface area (Å²) in [4.78, 5) is 45.7. The van der Waals surface area contributed by atoms with Crippen molar-refractivity contribution in [1.29, 1.82) is 0 Å². The summed E-state index contributed by atoms with van der Waals surface area (Å²) in [5, 5.41) is 4.37. The first-order valence-electron chi connectivity index (χ1n) is 15.0. The molecule has 13 heteroatoms. The fourth-order valence-corrected chi connectivity index (χ4v) is 6.74. The minimum absolute atomic E-state index is 0.0225. The van der Waals surface area contributed by atoms with E-state index in [0.717, 1.165) is 42.3 Å². The number of anilines is 1. The summed E-state index contributed by atoms with van der Waals surface area (Å²) in [5.41, 5.74) is 3.35. The van der Waals surface area contributed by atoms with Gasteiger partial charge in [-0.25, -0.2) is 19.6 Å². The zero-order valence-corrected chi connectivity index (χ0v) is 25.7. The molecule has 2 atom stereocenters. The average molecular weight is 609 g/mol.